The van der Waals surface area contributed by atoms with Gasteiger partial charge in [0.25, 0.3) is 0 Å². The highest BCUT2D eigenvalue weighted by Crippen LogP contribution is 2.15. The standard InChI is InChI=1S/C10H15NS/c1-4-8(2)11-9(3)10-5-6-12-7-10/h4-9,11H,1H2,2-3H3. The smallest absolute Gasteiger partial charge is 0.0305 e. The molecule has 0 saturated heterocycles. The first-order valence-corrected chi connectivity index (χ1v) is 5.09. The van der Waals surface area contributed by atoms with Crippen molar-refractivity contribution in [1.82, 2.24) is 5.32 Å². The molecule has 0 saturated carbocycles. The highest BCUT2D eigenvalue weighted by atomic mass is 32.1. The van der Waals surface area contributed by atoms with Crippen molar-refractivity contribution < 1.29 is 0 Å². The van der Waals surface area contributed by atoms with Gasteiger partial charge in [-0.1, -0.05) is 6.08 Å². The zero-order valence-corrected chi connectivity index (χ0v) is 8.40. The minimum absolute atomic E-state index is 0.375. The summed E-state index contributed by atoms with van der Waals surface area (Å²) in [6.45, 7) is 8.01. The molecule has 1 nitrogen and oxygen atoms in total. The van der Waals surface area contributed by atoms with Crippen LogP contribution in [0.25, 0.3) is 0 Å². The molecule has 0 fully saturated rings. The first-order chi connectivity index (χ1) is 5.74. The highest BCUT2D eigenvalue weighted by molar-refractivity contribution is 7.07. The van der Waals surface area contributed by atoms with E-state index in [2.05, 4.69) is 42.6 Å². The molecule has 1 aromatic rings. The van der Waals surface area contributed by atoms with Crippen LogP contribution in [-0.2, 0) is 0 Å². The van der Waals surface area contributed by atoms with Crippen LogP contribution < -0.4 is 5.32 Å². The fraction of sp³-hybridized carbons (Fsp3) is 0.400. The summed E-state index contributed by atoms with van der Waals surface area (Å²) in [5.41, 5.74) is 1.36. The van der Waals surface area contributed by atoms with E-state index in [-0.39, 0.29) is 0 Å². The van der Waals surface area contributed by atoms with Crippen LogP contribution in [0, 0.1) is 0 Å². The first-order valence-electron chi connectivity index (χ1n) is 4.14. The van der Waals surface area contributed by atoms with E-state index >= 15 is 0 Å². The molecule has 1 aromatic heterocycles. The molecule has 0 bridgehead atoms. The van der Waals surface area contributed by atoms with Gasteiger partial charge in [0.1, 0.15) is 0 Å². The Hall–Kier alpha value is -0.600. The SMILES string of the molecule is C=CC(C)NC(C)c1ccsc1. The molecule has 0 aliphatic rings. The average Bonchev–Trinajstić information content (AvgIpc) is 2.56. The van der Waals surface area contributed by atoms with Crippen molar-refractivity contribution in [2.45, 2.75) is 25.9 Å². The van der Waals surface area contributed by atoms with Crippen molar-refractivity contribution in [3.63, 3.8) is 0 Å². The van der Waals surface area contributed by atoms with Crippen LogP contribution in [0.15, 0.2) is 29.5 Å². The molecule has 2 atom stereocenters. The van der Waals surface area contributed by atoms with E-state index in [0.29, 0.717) is 12.1 Å². The second kappa shape index (κ2) is 4.43. The largest absolute Gasteiger partial charge is 0.304 e. The lowest BCUT2D eigenvalue weighted by Gasteiger charge is -2.15. The van der Waals surface area contributed by atoms with Gasteiger partial charge in [-0.3, -0.25) is 0 Å². The van der Waals surface area contributed by atoms with Gasteiger partial charge >= 0.3 is 0 Å². The quantitative estimate of drug-likeness (QED) is 0.704. The third-order valence-electron chi connectivity index (χ3n) is 1.91. The molecule has 12 heavy (non-hydrogen) atoms. The van der Waals surface area contributed by atoms with Crippen molar-refractivity contribution in [2.24, 2.45) is 0 Å². The maximum absolute atomic E-state index is 3.74. The second-order valence-corrected chi connectivity index (χ2v) is 3.75. The Morgan fingerprint density at radius 2 is 2.33 bits per heavy atom. The molecule has 2 unspecified atom stereocenters. The predicted molar refractivity (Wildman–Crippen MR) is 55.5 cm³/mol. The van der Waals surface area contributed by atoms with Crippen LogP contribution in [0.1, 0.15) is 25.5 Å². The Balaban J connectivity index is 2.49. The third-order valence-corrected chi connectivity index (χ3v) is 2.61. The number of rotatable bonds is 4. The number of hydrogen-bond acceptors (Lipinski definition) is 2. The van der Waals surface area contributed by atoms with Gasteiger partial charge in [0.05, 0.1) is 0 Å². The molecule has 1 rings (SSSR count). The fourth-order valence-electron chi connectivity index (χ4n) is 1.08. The number of hydrogen-bond donors (Lipinski definition) is 1. The van der Waals surface area contributed by atoms with Crippen molar-refractivity contribution in [2.75, 3.05) is 0 Å². The summed E-state index contributed by atoms with van der Waals surface area (Å²) >= 11 is 1.74. The van der Waals surface area contributed by atoms with Gasteiger partial charge in [-0.05, 0) is 36.2 Å². The van der Waals surface area contributed by atoms with Crippen molar-refractivity contribution in [1.29, 1.82) is 0 Å². The summed E-state index contributed by atoms with van der Waals surface area (Å²) in [4.78, 5) is 0. The van der Waals surface area contributed by atoms with Gasteiger partial charge < -0.3 is 5.32 Å². The maximum Gasteiger partial charge on any atom is 0.0305 e. The minimum atomic E-state index is 0.375. The van der Waals surface area contributed by atoms with Crippen LogP contribution in [0.5, 0.6) is 0 Å². The van der Waals surface area contributed by atoms with Crippen LogP contribution in [0.2, 0.25) is 0 Å². The lowest BCUT2D eigenvalue weighted by atomic mass is 10.1. The molecule has 1 N–H and O–H groups in total. The van der Waals surface area contributed by atoms with Crippen LogP contribution in [0.4, 0.5) is 0 Å². The Bertz CT molecular complexity index is 228. The van der Waals surface area contributed by atoms with Gasteiger partial charge in [-0.15, -0.1) is 6.58 Å². The summed E-state index contributed by atoms with van der Waals surface area (Å²) in [6.07, 6.45) is 1.92. The molecule has 0 aromatic carbocycles. The van der Waals surface area contributed by atoms with Gasteiger partial charge in [0.2, 0.25) is 0 Å². The van der Waals surface area contributed by atoms with Crippen molar-refractivity contribution in [3.8, 4) is 0 Å². The van der Waals surface area contributed by atoms with Gasteiger partial charge in [-0.2, -0.15) is 11.3 Å². The molecule has 0 aliphatic heterocycles. The van der Waals surface area contributed by atoms with Gasteiger partial charge in [0.15, 0.2) is 0 Å². The molecular weight excluding hydrogens is 166 g/mol. The van der Waals surface area contributed by atoms with Crippen LogP contribution in [-0.4, -0.2) is 6.04 Å². The molecule has 0 radical (unpaired) electrons. The number of nitrogens with one attached hydrogen (secondary N) is 1. The van der Waals surface area contributed by atoms with E-state index in [1.165, 1.54) is 5.56 Å². The monoisotopic (exact) mass is 181 g/mol. The van der Waals surface area contributed by atoms with Crippen molar-refractivity contribution in [3.05, 3.63) is 35.0 Å². The Morgan fingerprint density at radius 1 is 1.58 bits per heavy atom. The fourth-order valence-corrected chi connectivity index (χ4v) is 1.83. The summed E-state index contributed by atoms with van der Waals surface area (Å²) in [5, 5.41) is 7.70. The van der Waals surface area contributed by atoms with Gasteiger partial charge in [-0.25, -0.2) is 0 Å². The molecule has 0 spiro atoms. The molecule has 66 valence electrons. The van der Waals surface area contributed by atoms with Crippen LogP contribution in [0.3, 0.4) is 0 Å². The highest BCUT2D eigenvalue weighted by Gasteiger charge is 2.06. The molecule has 0 aliphatic carbocycles. The number of thiophene rings is 1. The Labute approximate surface area is 78.1 Å². The first kappa shape index (κ1) is 9.49. The average molecular weight is 181 g/mol. The lowest BCUT2D eigenvalue weighted by molar-refractivity contribution is 0.538. The van der Waals surface area contributed by atoms with Crippen molar-refractivity contribution >= 4 is 11.3 Å². The summed E-state index contributed by atoms with van der Waals surface area (Å²) in [6, 6.07) is 2.95. The van der Waals surface area contributed by atoms with E-state index in [0.717, 1.165) is 0 Å². The molecular formula is C10H15NS. The van der Waals surface area contributed by atoms with E-state index in [9.17, 15) is 0 Å². The topological polar surface area (TPSA) is 12.0 Å². The predicted octanol–water partition coefficient (Wildman–Crippen LogP) is 2.97. The maximum atomic E-state index is 3.74. The molecule has 0 amide bonds. The summed E-state index contributed by atoms with van der Waals surface area (Å²) < 4.78 is 0. The Kier molecular flexibility index (Phi) is 3.50. The van der Waals surface area contributed by atoms with Gasteiger partial charge in [0, 0.05) is 12.1 Å². The Morgan fingerprint density at radius 3 is 2.83 bits per heavy atom. The van der Waals surface area contributed by atoms with E-state index in [4.69, 9.17) is 0 Å². The molecule has 2 heteroatoms. The minimum Gasteiger partial charge on any atom is -0.304 e. The molecule has 1 heterocycles. The van der Waals surface area contributed by atoms with E-state index in [1.807, 2.05) is 6.08 Å². The van der Waals surface area contributed by atoms with E-state index < -0.39 is 0 Å². The lowest BCUT2D eigenvalue weighted by Crippen LogP contribution is -2.26. The second-order valence-electron chi connectivity index (χ2n) is 2.97. The van der Waals surface area contributed by atoms with Crippen LogP contribution >= 0.6 is 11.3 Å². The van der Waals surface area contributed by atoms with E-state index in [1.54, 1.807) is 11.3 Å². The zero-order chi connectivity index (χ0) is 8.97. The summed E-state index contributed by atoms with van der Waals surface area (Å²) in [5.74, 6) is 0. The third kappa shape index (κ3) is 2.47. The normalized spacial score (nSPS) is 15.5. The zero-order valence-electron chi connectivity index (χ0n) is 7.58. The summed E-state index contributed by atoms with van der Waals surface area (Å²) in [7, 11) is 0.